The third-order valence-corrected chi connectivity index (χ3v) is 7.20. The number of hydrogen-bond acceptors (Lipinski definition) is 8. The number of amides is 2. The van der Waals surface area contributed by atoms with Crippen LogP contribution in [0.4, 0.5) is 16.3 Å². The maximum atomic E-state index is 13.3. The topological polar surface area (TPSA) is 128 Å². The van der Waals surface area contributed by atoms with Crippen LogP contribution in [-0.4, -0.2) is 59.4 Å². The van der Waals surface area contributed by atoms with Gasteiger partial charge < -0.3 is 29.8 Å². The van der Waals surface area contributed by atoms with Crippen LogP contribution in [0.1, 0.15) is 31.4 Å². The number of methoxy groups -OCH3 is 2. The smallest absolute Gasteiger partial charge is 0.321 e. The minimum Gasteiger partial charge on any atom is -0.493 e. The third kappa shape index (κ3) is 6.40. The summed E-state index contributed by atoms with van der Waals surface area (Å²) in [5.74, 6) is 7.23. The van der Waals surface area contributed by atoms with Crippen molar-refractivity contribution in [3.05, 3.63) is 71.0 Å². The largest absolute Gasteiger partial charge is 0.493 e. The highest BCUT2D eigenvalue weighted by Crippen LogP contribution is 2.40. The zero-order chi connectivity index (χ0) is 28.6. The van der Waals surface area contributed by atoms with Gasteiger partial charge in [0.2, 0.25) is 5.75 Å². The Kier molecular flexibility index (Phi) is 9.67. The van der Waals surface area contributed by atoms with Crippen molar-refractivity contribution >= 4 is 39.1 Å². The monoisotopic (exact) mass is 611 g/mol. The normalized spacial score (nSPS) is 15.8. The summed E-state index contributed by atoms with van der Waals surface area (Å²) in [4.78, 5) is 24.9. The molecule has 2 aromatic heterocycles. The third-order valence-electron chi connectivity index (χ3n) is 6.64. The minimum absolute atomic E-state index is 0.0395. The number of carbonyl (C=O) groups is 1. The van der Waals surface area contributed by atoms with E-state index >= 15 is 0 Å². The average Bonchev–Trinajstić information content (AvgIpc) is 3.37. The van der Waals surface area contributed by atoms with Crippen molar-refractivity contribution in [2.45, 2.75) is 25.7 Å². The first-order valence-electron chi connectivity index (χ1n) is 12.8. The predicted molar refractivity (Wildman–Crippen MR) is 159 cm³/mol. The molecule has 12 heteroatoms. The van der Waals surface area contributed by atoms with Crippen LogP contribution in [0, 0.1) is 0 Å². The number of hydrogen-bond donors (Lipinski definition) is 3. The molecule has 0 saturated carbocycles. The first kappa shape index (κ1) is 29.0. The van der Waals surface area contributed by atoms with Gasteiger partial charge in [-0.25, -0.2) is 9.78 Å². The summed E-state index contributed by atoms with van der Waals surface area (Å²) in [5, 5.41) is 10.9. The van der Waals surface area contributed by atoms with Gasteiger partial charge in [-0.3, -0.25) is 0 Å². The maximum absolute atomic E-state index is 13.3. The fourth-order valence-electron chi connectivity index (χ4n) is 4.60. The number of urea groups is 1. The van der Waals surface area contributed by atoms with Gasteiger partial charge in [0.05, 0.1) is 36.3 Å². The Labute approximate surface area is 241 Å². The molecule has 0 radical (unpaired) electrons. The number of allylic oxidation sites excluding steroid dienone is 3. The summed E-state index contributed by atoms with van der Waals surface area (Å²) in [6, 6.07) is 5.02. The van der Waals surface area contributed by atoms with Crippen LogP contribution in [0.3, 0.4) is 0 Å². The minimum atomic E-state index is -0.241. The Morgan fingerprint density at radius 3 is 2.77 bits per heavy atom. The molecule has 11 nitrogen and oxygen atoms in total. The molecule has 0 bridgehead atoms. The standard InChI is InChI=1S/C28H34BrN7O4/c1-5-7-9-18(6-2)15-31-25-14-22(34-27-21(29)16-32-36(25)27)19-10-8-11-35(17-19)28(37)33-20-12-23(38-3)26(39-4)24(13-20)40-30/h5-7,9,12-14,16,19,31H,2,8,10-11,15,17,30H2,1,3-4H3,(H,33,37)/b7-5-,18-9+. The molecule has 1 aromatic carbocycles. The van der Waals surface area contributed by atoms with E-state index in [1.807, 2.05) is 37.3 Å². The molecule has 2 amide bonds. The Balaban J connectivity index is 1.55. The number of ether oxygens (including phenoxy) is 2. The van der Waals surface area contributed by atoms with E-state index in [2.05, 4.69) is 38.2 Å². The van der Waals surface area contributed by atoms with Crippen molar-refractivity contribution in [2.24, 2.45) is 5.90 Å². The van der Waals surface area contributed by atoms with Crippen molar-refractivity contribution in [3.63, 3.8) is 0 Å². The molecule has 4 N–H and O–H groups in total. The number of nitrogens with zero attached hydrogens (tertiary/aromatic N) is 4. The van der Waals surface area contributed by atoms with Crippen molar-refractivity contribution < 1.29 is 19.1 Å². The molecule has 3 aromatic rings. The van der Waals surface area contributed by atoms with Gasteiger partial charge in [0.1, 0.15) is 5.82 Å². The summed E-state index contributed by atoms with van der Waals surface area (Å²) >= 11 is 3.57. The van der Waals surface area contributed by atoms with E-state index < -0.39 is 0 Å². The van der Waals surface area contributed by atoms with Crippen molar-refractivity contribution in [3.8, 4) is 17.2 Å². The van der Waals surface area contributed by atoms with E-state index in [-0.39, 0.29) is 17.7 Å². The number of halogens is 1. The molecule has 1 atom stereocenters. The number of anilines is 2. The zero-order valence-corrected chi connectivity index (χ0v) is 24.4. The highest BCUT2D eigenvalue weighted by atomic mass is 79.9. The first-order chi connectivity index (χ1) is 19.4. The summed E-state index contributed by atoms with van der Waals surface area (Å²) in [5.41, 5.74) is 3.10. The second-order valence-electron chi connectivity index (χ2n) is 9.16. The quantitative estimate of drug-likeness (QED) is 0.209. The highest BCUT2D eigenvalue weighted by Gasteiger charge is 2.27. The summed E-state index contributed by atoms with van der Waals surface area (Å²) < 4.78 is 13.2. The molecular weight excluding hydrogens is 578 g/mol. The van der Waals surface area contributed by atoms with Crippen LogP contribution in [0.15, 0.2) is 65.3 Å². The highest BCUT2D eigenvalue weighted by molar-refractivity contribution is 9.10. The van der Waals surface area contributed by atoms with Crippen molar-refractivity contribution in [1.82, 2.24) is 19.5 Å². The molecule has 1 aliphatic heterocycles. The van der Waals surface area contributed by atoms with Gasteiger partial charge in [-0.15, -0.1) is 0 Å². The number of likely N-dealkylation sites (tertiary alicyclic amines) is 1. The van der Waals surface area contributed by atoms with Gasteiger partial charge in [0.15, 0.2) is 17.1 Å². The van der Waals surface area contributed by atoms with E-state index in [0.29, 0.717) is 42.5 Å². The maximum Gasteiger partial charge on any atom is 0.321 e. The molecule has 1 aliphatic rings. The molecule has 4 rings (SSSR count). The summed E-state index contributed by atoms with van der Waals surface area (Å²) in [6.45, 7) is 7.58. The number of piperidine rings is 1. The summed E-state index contributed by atoms with van der Waals surface area (Å²) in [6.07, 6.45) is 11.2. The number of carbonyl (C=O) groups excluding carboxylic acids is 1. The second kappa shape index (κ2) is 13.4. The number of fused-ring (bicyclic) bond motifs is 1. The Bertz CT molecular complexity index is 1410. The number of nitrogens with one attached hydrogen (secondary N) is 2. The molecular formula is C28H34BrN7O4. The van der Waals surface area contributed by atoms with E-state index in [1.165, 1.54) is 14.2 Å². The van der Waals surface area contributed by atoms with Crippen LogP contribution in [0.2, 0.25) is 0 Å². The second-order valence-corrected chi connectivity index (χ2v) is 10.0. The zero-order valence-electron chi connectivity index (χ0n) is 22.8. The Morgan fingerprint density at radius 1 is 1.27 bits per heavy atom. The van der Waals surface area contributed by atoms with E-state index in [1.54, 1.807) is 27.7 Å². The van der Waals surface area contributed by atoms with Gasteiger partial charge in [-0.2, -0.15) is 15.5 Å². The molecule has 0 spiro atoms. The SMILES string of the molecule is C=C/C(=C\C=C/C)CNc1cc(C2CCCN(C(=O)Nc3cc(OC)c(OC)c(ON)c3)C2)nc2c(Br)cnn12. The Morgan fingerprint density at radius 2 is 2.08 bits per heavy atom. The van der Waals surface area contributed by atoms with Gasteiger partial charge in [0.25, 0.3) is 0 Å². The number of nitrogens with two attached hydrogens (primary N) is 1. The van der Waals surface area contributed by atoms with E-state index in [9.17, 15) is 4.79 Å². The van der Waals surface area contributed by atoms with Gasteiger partial charge in [-0.1, -0.05) is 30.9 Å². The Hall–Kier alpha value is -4.03. The van der Waals surface area contributed by atoms with E-state index in [4.69, 9.17) is 25.2 Å². The van der Waals surface area contributed by atoms with Crippen LogP contribution in [0.5, 0.6) is 17.2 Å². The number of rotatable bonds is 10. The summed E-state index contributed by atoms with van der Waals surface area (Å²) in [7, 11) is 2.99. The molecule has 3 heterocycles. The van der Waals surface area contributed by atoms with Crippen molar-refractivity contribution in [2.75, 3.05) is 44.5 Å². The lowest BCUT2D eigenvalue weighted by molar-refractivity contribution is 0.192. The lowest BCUT2D eigenvalue weighted by atomic mass is 9.94. The van der Waals surface area contributed by atoms with Crippen LogP contribution in [-0.2, 0) is 0 Å². The molecule has 1 unspecified atom stereocenters. The lowest BCUT2D eigenvalue weighted by Crippen LogP contribution is -2.41. The molecule has 40 heavy (non-hydrogen) atoms. The van der Waals surface area contributed by atoms with Crippen molar-refractivity contribution in [1.29, 1.82) is 0 Å². The number of benzene rings is 1. The molecule has 212 valence electrons. The fraction of sp³-hybridized carbons (Fsp3) is 0.321. The van der Waals surface area contributed by atoms with Crippen LogP contribution < -0.4 is 30.8 Å². The first-order valence-corrected chi connectivity index (χ1v) is 13.6. The lowest BCUT2D eigenvalue weighted by Gasteiger charge is -2.32. The van der Waals surface area contributed by atoms with Gasteiger partial charge in [-0.05, 0) is 41.3 Å². The number of aromatic nitrogens is 3. The molecule has 0 aliphatic carbocycles. The van der Waals surface area contributed by atoms with Crippen LogP contribution >= 0.6 is 15.9 Å². The average molecular weight is 613 g/mol. The molecule has 1 saturated heterocycles. The predicted octanol–water partition coefficient (Wildman–Crippen LogP) is 5.27. The van der Waals surface area contributed by atoms with Gasteiger partial charge >= 0.3 is 6.03 Å². The molecule has 1 fully saturated rings. The van der Waals surface area contributed by atoms with Crippen LogP contribution in [0.25, 0.3) is 5.65 Å². The van der Waals surface area contributed by atoms with E-state index in [0.717, 1.165) is 34.4 Å². The fourth-order valence-corrected chi connectivity index (χ4v) is 4.94. The van der Waals surface area contributed by atoms with Gasteiger partial charge in [0, 0.05) is 43.8 Å².